The van der Waals surface area contributed by atoms with Crippen molar-refractivity contribution < 1.29 is 9.13 Å². The maximum Gasteiger partial charge on any atom is 0.127 e. The normalized spacial score (nSPS) is 21.7. The second-order valence-corrected chi connectivity index (χ2v) is 5.04. The highest BCUT2D eigenvalue weighted by atomic mass is 35.5. The second-order valence-electron chi connectivity index (χ2n) is 4.63. The molecule has 0 saturated carbocycles. The molecule has 0 spiro atoms. The molecule has 2 nitrogen and oxygen atoms in total. The fourth-order valence-corrected chi connectivity index (χ4v) is 2.51. The molecule has 4 heteroatoms. The third-order valence-corrected chi connectivity index (χ3v) is 3.54. The Morgan fingerprint density at radius 3 is 3.00 bits per heavy atom. The summed E-state index contributed by atoms with van der Waals surface area (Å²) in [6.45, 7) is 1.59. The van der Waals surface area contributed by atoms with Gasteiger partial charge in [-0.15, -0.1) is 0 Å². The Morgan fingerprint density at radius 2 is 2.35 bits per heavy atom. The van der Waals surface area contributed by atoms with Crippen molar-refractivity contribution in [1.82, 2.24) is 0 Å². The highest BCUT2D eigenvalue weighted by Crippen LogP contribution is 2.23. The van der Waals surface area contributed by atoms with Gasteiger partial charge in [-0.3, -0.25) is 0 Å². The van der Waals surface area contributed by atoms with Crippen LogP contribution in [0.3, 0.4) is 0 Å². The average Bonchev–Trinajstić information content (AvgIpc) is 2.76. The van der Waals surface area contributed by atoms with Crippen molar-refractivity contribution in [1.29, 1.82) is 0 Å². The smallest absolute Gasteiger partial charge is 0.127 e. The number of benzene rings is 1. The van der Waals surface area contributed by atoms with Gasteiger partial charge in [0.2, 0.25) is 0 Å². The summed E-state index contributed by atoms with van der Waals surface area (Å²) in [6, 6.07) is 4.67. The van der Waals surface area contributed by atoms with Crippen molar-refractivity contribution in [3.8, 4) is 0 Å². The number of hydrogen-bond donors (Lipinski definition) is 1. The van der Waals surface area contributed by atoms with Crippen LogP contribution in [0.25, 0.3) is 0 Å². The molecule has 0 amide bonds. The lowest BCUT2D eigenvalue weighted by molar-refractivity contribution is 0.182. The Labute approximate surface area is 106 Å². The van der Waals surface area contributed by atoms with Crippen LogP contribution in [0.5, 0.6) is 0 Å². The molecule has 1 aliphatic rings. The molecule has 2 N–H and O–H groups in total. The molecule has 17 heavy (non-hydrogen) atoms. The molecule has 1 aliphatic heterocycles. The van der Waals surface area contributed by atoms with Crippen molar-refractivity contribution in [3.05, 3.63) is 34.6 Å². The molecule has 1 heterocycles. The molecule has 0 radical (unpaired) electrons. The van der Waals surface area contributed by atoms with Crippen LogP contribution in [0.1, 0.15) is 18.4 Å². The SMILES string of the molecule is NC(Cc1c(F)cccc1Cl)CC1CCOC1. The van der Waals surface area contributed by atoms with Gasteiger partial charge in [0.25, 0.3) is 0 Å². The summed E-state index contributed by atoms with van der Waals surface area (Å²) in [7, 11) is 0. The van der Waals surface area contributed by atoms with Crippen molar-refractivity contribution in [3.63, 3.8) is 0 Å². The molecule has 0 aromatic heterocycles. The van der Waals surface area contributed by atoms with Crippen LogP contribution in [-0.4, -0.2) is 19.3 Å². The fourth-order valence-electron chi connectivity index (χ4n) is 2.27. The van der Waals surface area contributed by atoms with Gasteiger partial charge in [-0.1, -0.05) is 17.7 Å². The van der Waals surface area contributed by atoms with E-state index in [4.69, 9.17) is 22.1 Å². The zero-order chi connectivity index (χ0) is 12.3. The zero-order valence-electron chi connectivity index (χ0n) is 9.66. The van der Waals surface area contributed by atoms with E-state index in [2.05, 4.69) is 0 Å². The quantitative estimate of drug-likeness (QED) is 0.900. The summed E-state index contributed by atoms with van der Waals surface area (Å²) in [6.07, 6.45) is 2.41. The van der Waals surface area contributed by atoms with E-state index in [0.29, 0.717) is 22.9 Å². The first-order valence-electron chi connectivity index (χ1n) is 5.93. The molecule has 0 bridgehead atoms. The number of hydrogen-bond acceptors (Lipinski definition) is 2. The van der Waals surface area contributed by atoms with Crippen molar-refractivity contribution in [2.45, 2.75) is 25.3 Å². The van der Waals surface area contributed by atoms with E-state index in [-0.39, 0.29) is 11.9 Å². The van der Waals surface area contributed by atoms with Gasteiger partial charge >= 0.3 is 0 Å². The lowest BCUT2D eigenvalue weighted by Crippen LogP contribution is -2.27. The van der Waals surface area contributed by atoms with E-state index in [1.54, 1.807) is 12.1 Å². The third-order valence-electron chi connectivity index (χ3n) is 3.19. The largest absolute Gasteiger partial charge is 0.381 e. The van der Waals surface area contributed by atoms with Crippen LogP contribution in [0, 0.1) is 11.7 Å². The van der Waals surface area contributed by atoms with Gasteiger partial charge in [-0.05, 0) is 37.3 Å². The molecular weight excluding hydrogens is 241 g/mol. The summed E-state index contributed by atoms with van der Waals surface area (Å²) < 4.78 is 18.9. The van der Waals surface area contributed by atoms with E-state index in [1.807, 2.05) is 0 Å². The minimum absolute atomic E-state index is 0.0592. The molecule has 1 fully saturated rings. The maximum absolute atomic E-state index is 13.6. The lowest BCUT2D eigenvalue weighted by atomic mass is 9.95. The predicted octanol–water partition coefficient (Wildman–Crippen LogP) is 2.78. The van der Waals surface area contributed by atoms with E-state index in [1.165, 1.54) is 6.07 Å². The van der Waals surface area contributed by atoms with Gasteiger partial charge in [0, 0.05) is 29.8 Å². The van der Waals surface area contributed by atoms with Crippen LogP contribution in [0.4, 0.5) is 4.39 Å². The standard InChI is InChI=1S/C13H17ClFNO/c14-12-2-1-3-13(15)11(12)7-10(16)6-9-4-5-17-8-9/h1-3,9-10H,4-8,16H2. The first-order chi connectivity index (χ1) is 8.16. The number of rotatable bonds is 4. The molecule has 2 atom stereocenters. The summed E-state index contributed by atoms with van der Waals surface area (Å²) in [5.41, 5.74) is 6.57. The first kappa shape index (κ1) is 12.8. The topological polar surface area (TPSA) is 35.2 Å². The van der Waals surface area contributed by atoms with Gasteiger partial charge in [0.05, 0.1) is 0 Å². The highest BCUT2D eigenvalue weighted by molar-refractivity contribution is 6.31. The zero-order valence-corrected chi connectivity index (χ0v) is 10.4. The minimum Gasteiger partial charge on any atom is -0.381 e. The number of ether oxygens (including phenoxy) is 1. The Hall–Kier alpha value is -0.640. The van der Waals surface area contributed by atoms with Gasteiger partial charge in [0.1, 0.15) is 5.82 Å². The molecule has 1 aromatic carbocycles. The highest BCUT2D eigenvalue weighted by Gasteiger charge is 2.20. The van der Waals surface area contributed by atoms with Crippen LogP contribution in [-0.2, 0) is 11.2 Å². The minimum atomic E-state index is -0.268. The average molecular weight is 258 g/mol. The lowest BCUT2D eigenvalue weighted by Gasteiger charge is -2.16. The van der Waals surface area contributed by atoms with Crippen LogP contribution >= 0.6 is 11.6 Å². The van der Waals surface area contributed by atoms with Crippen LogP contribution in [0.15, 0.2) is 18.2 Å². The summed E-state index contributed by atoms with van der Waals surface area (Å²) in [5.74, 6) is 0.242. The van der Waals surface area contributed by atoms with Crippen molar-refractivity contribution >= 4 is 11.6 Å². The molecular formula is C13H17ClFNO. The third kappa shape index (κ3) is 3.41. The van der Waals surface area contributed by atoms with Gasteiger partial charge in [-0.25, -0.2) is 4.39 Å². The van der Waals surface area contributed by atoms with E-state index in [0.717, 1.165) is 26.1 Å². The van der Waals surface area contributed by atoms with E-state index < -0.39 is 0 Å². The van der Waals surface area contributed by atoms with Gasteiger partial charge < -0.3 is 10.5 Å². The first-order valence-corrected chi connectivity index (χ1v) is 6.31. The Bertz CT molecular complexity index is 359. The maximum atomic E-state index is 13.6. The predicted molar refractivity (Wildman–Crippen MR) is 66.6 cm³/mol. The van der Waals surface area contributed by atoms with Crippen LogP contribution in [0.2, 0.25) is 5.02 Å². The van der Waals surface area contributed by atoms with E-state index in [9.17, 15) is 4.39 Å². The number of nitrogens with two attached hydrogens (primary N) is 1. The summed E-state index contributed by atoms with van der Waals surface area (Å²) in [4.78, 5) is 0. The monoisotopic (exact) mass is 257 g/mol. The van der Waals surface area contributed by atoms with Gasteiger partial charge in [-0.2, -0.15) is 0 Å². The van der Waals surface area contributed by atoms with Crippen LogP contribution < -0.4 is 5.73 Å². The molecule has 1 saturated heterocycles. The Balaban J connectivity index is 1.95. The Kier molecular flexibility index (Phi) is 4.37. The molecule has 0 aliphatic carbocycles. The second kappa shape index (κ2) is 5.80. The molecule has 2 unspecified atom stereocenters. The summed E-state index contributed by atoms with van der Waals surface area (Å²) in [5, 5.41) is 0.461. The van der Waals surface area contributed by atoms with Gasteiger partial charge in [0.15, 0.2) is 0 Å². The van der Waals surface area contributed by atoms with E-state index >= 15 is 0 Å². The number of halogens is 2. The molecule has 2 rings (SSSR count). The van der Waals surface area contributed by atoms with Crippen molar-refractivity contribution in [2.75, 3.05) is 13.2 Å². The van der Waals surface area contributed by atoms with Crippen molar-refractivity contribution in [2.24, 2.45) is 11.7 Å². The summed E-state index contributed by atoms with van der Waals surface area (Å²) >= 11 is 5.97. The molecule has 1 aromatic rings. The Morgan fingerprint density at radius 1 is 1.53 bits per heavy atom. The fraction of sp³-hybridized carbons (Fsp3) is 0.538. The molecule has 94 valence electrons.